The van der Waals surface area contributed by atoms with E-state index in [9.17, 15) is 9.59 Å². The zero-order valence-electron chi connectivity index (χ0n) is 15.2. The lowest BCUT2D eigenvalue weighted by atomic mass is 9.87. The minimum absolute atomic E-state index is 0.0480. The number of ether oxygens (including phenoxy) is 2. The fourth-order valence-electron chi connectivity index (χ4n) is 3.76. The molecule has 140 valence electrons. The van der Waals surface area contributed by atoms with Gasteiger partial charge in [0.15, 0.2) is 17.3 Å². The summed E-state index contributed by atoms with van der Waals surface area (Å²) in [5.41, 5.74) is 3.06. The highest BCUT2D eigenvalue weighted by atomic mass is 16.6. The van der Waals surface area contributed by atoms with Crippen LogP contribution in [0.1, 0.15) is 53.2 Å². The number of carbonyl (C=O) groups is 2. The van der Waals surface area contributed by atoms with Gasteiger partial charge in [-0.25, -0.2) is 0 Å². The van der Waals surface area contributed by atoms with E-state index in [0.717, 1.165) is 19.3 Å². The lowest BCUT2D eigenvalue weighted by molar-refractivity contribution is -0.121. The smallest absolute Gasteiger partial charge is 0.220 e. The van der Waals surface area contributed by atoms with Gasteiger partial charge in [0.05, 0.1) is 6.04 Å². The van der Waals surface area contributed by atoms with Gasteiger partial charge < -0.3 is 14.8 Å². The summed E-state index contributed by atoms with van der Waals surface area (Å²) >= 11 is 0. The van der Waals surface area contributed by atoms with Crippen LogP contribution in [0.5, 0.6) is 11.5 Å². The van der Waals surface area contributed by atoms with E-state index >= 15 is 0 Å². The van der Waals surface area contributed by atoms with Gasteiger partial charge in [0.1, 0.15) is 13.2 Å². The number of benzene rings is 2. The molecule has 1 amide bonds. The molecule has 2 aliphatic rings. The van der Waals surface area contributed by atoms with E-state index in [-0.39, 0.29) is 30.6 Å². The topological polar surface area (TPSA) is 64.6 Å². The Morgan fingerprint density at radius 2 is 1.81 bits per heavy atom. The van der Waals surface area contributed by atoms with Crippen LogP contribution in [0.15, 0.2) is 42.5 Å². The molecule has 2 aromatic rings. The second-order valence-corrected chi connectivity index (χ2v) is 6.99. The quantitative estimate of drug-likeness (QED) is 0.822. The molecule has 27 heavy (non-hydrogen) atoms. The Morgan fingerprint density at radius 1 is 1.00 bits per heavy atom. The summed E-state index contributed by atoms with van der Waals surface area (Å²) in [4.78, 5) is 24.8. The number of hydrogen-bond donors (Lipinski definition) is 1. The Labute approximate surface area is 158 Å². The number of ketones is 1. The fraction of sp³-hybridized carbons (Fsp3) is 0.364. The Kier molecular flexibility index (Phi) is 5.10. The molecule has 0 fully saturated rings. The van der Waals surface area contributed by atoms with Crippen molar-refractivity contribution in [2.24, 2.45) is 0 Å². The molecule has 1 aliphatic carbocycles. The molecule has 1 heterocycles. The average molecular weight is 365 g/mol. The van der Waals surface area contributed by atoms with Crippen LogP contribution in [-0.4, -0.2) is 24.9 Å². The van der Waals surface area contributed by atoms with Crippen molar-refractivity contribution in [1.29, 1.82) is 0 Å². The summed E-state index contributed by atoms with van der Waals surface area (Å²) in [5, 5.41) is 3.10. The average Bonchev–Trinajstić information content (AvgIpc) is 2.72. The van der Waals surface area contributed by atoms with Crippen LogP contribution in [0.2, 0.25) is 0 Å². The second kappa shape index (κ2) is 7.82. The largest absolute Gasteiger partial charge is 0.486 e. The summed E-state index contributed by atoms with van der Waals surface area (Å²) < 4.78 is 11.0. The third kappa shape index (κ3) is 3.97. The van der Waals surface area contributed by atoms with Gasteiger partial charge in [-0.3, -0.25) is 9.59 Å². The number of fused-ring (bicyclic) bond motifs is 2. The minimum atomic E-state index is -0.0809. The van der Waals surface area contributed by atoms with Crippen LogP contribution in [0.25, 0.3) is 0 Å². The van der Waals surface area contributed by atoms with Gasteiger partial charge in [0, 0.05) is 18.4 Å². The van der Waals surface area contributed by atoms with Crippen molar-refractivity contribution in [3.8, 4) is 11.5 Å². The van der Waals surface area contributed by atoms with Gasteiger partial charge in [0.25, 0.3) is 0 Å². The maximum absolute atomic E-state index is 12.4. The number of hydrogen-bond acceptors (Lipinski definition) is 4. The molecule has 0 aromatic heterocycles. The maximum Gasteiger partial charge on any atom is 0.220 e. The predicted molar refractivity (Wildman–Crippen MR) is 101 cm³/mol. The van der Waals surface area contributed by atoms with Crippen LogP contribution in [0, 0.1) is 0 Å². The standard InChI is InChI=1S/C22H23NO4/c24-19(16-8-10-20-21(14-16)27-13-12-26-20)9-11-22(25)23-18-7-3-5-15-4-1-2-6-17(15)18/h1-2,4,6,8,10,14,18H,3,5,7,9,11-13H2,(H,23,25)/t18-/m0/s1. The summed E-state index contributed by atoms with van der Waals surface area (Å²) in [5.74, 6) is 1.11. The molecule has 0 spiro atoms. The van der Waals surface area contributed by atoms with Crippen LogP contribution in [0.3, 0.4) is 0 Å². The molecule has 0 unspecified atom stereocenters. The summed E-state index contributed by atoms with van der Waals surface area (Å²) in [7, 11) is 0. The van der Waals surface area contributed by atoms with Gasteiger partial charge in [-0.2, -0.15) is 0 Å². The van der Waals surface area contributed by atoms with Gasteiger partial charge in [-0.15, -0.1) is 0 Å². The highest BCUT2D eigenvalue weighted by molar-refractivity contribution is 5.98. The third-order valence-electron chi connectivity index (χ3n) is 5.15. The van der Waals surface area contributed by atoms with Crippen LogP contribution >= 0.6 is 0 Å². The van der Waals surface area contributed by atoms with E-state index in [2.05, 4.69) is 17.4 Å². The molecule has 4 rings (SSSR count). The zero-order chi connectivity index (χ0) is 18.6. The highest BCUT2D eigenvalue weighted by Crippen LogP contribution is 2.31. The molecule has 5 heteroatoms. The normalized spacial score (nSPS) is 17.7. The Hall–Kier alpha value is -2.82. The monoisotopic (exact) mass is 365 g/mol. The number of amides is 1. The number of carbonyl (C=O) groups excluding carboxylic acids is 2. The van der Waals surface area contributed by atoms with Crippen LogP contribution < -0.4 is 14.8 Å². The van der Waals surface area contributed by atoms with Crippen LogP contribution in [0.4, 0.5) is 0 Å². The second-order valence-electron chi connectivity index (χ2n) is 6.99. The molecule has 5 nitrogen and oxygen atoms in total. The van der Waals surface area contributed by atoms with Crippen molar-refractivity contribution in [2.45, 2.75) is 38.1 Å². The third-order valence-corrected chi connectivity index (χ3v) is 5.15. The van der Waals surface area contributed by atoms with Crippen molar-refractivity contribution in [3.05, 3.63) is 59.2 Å². The van der Waals surface area contributed by atoms with E-state index in [0.29, 0.717) is 30.3 Å². The van der Waals surface area contributed by atoms with E-state index in [4.69, 9.17) is 9.47 Å². The summed E-state index contributed by atoms with van der Waals surface area (Å²) in [6, 6.07) is 13.5. The van der Waals surface area contributed by atoms with Crippen molar-refractivity contribution in [3.63, 3.8) is 0 Å². The Bertz CT molecular complexity index is 861. The van der Waals surface area contributed by atoms with E-state index in [1.54, 1.807) is 18.2 Å². The molecule has 0 saturated heterocycles. The van der Waals surface area contributed by atoms with E-state index in [1.807, 2.05) is 12.1 Å². The first-order valence-corrected chi connectivity index (χ1v) is 9.51. The van der Waals surface area contributed by atoms with Gasteiger partial charge in [0.2, 0.25) is 5.91 Å². The Morgan fingerprint density at radius 3 is 2.70 bits per heavy atom. The molecule has 0 bridgehead atoms. The minimum Gasteiger partial charge on any atom is -0.486 e. The van der Waals surface area contributed by atoms with Crippen molar-refractivity contribution in [2.75, 3.05) is 13.2 Å². The highest BCUT2D eigenvalue weighted by Gasteiger charge is 2.22. The van der Waals surface area contributed by atoms with Crippen molar-refractivity contribution >= 4 is 11.7 Å². The van der Waals surface area contributed by atoms with Crippen molar-refractivity contribution in [1.82, 2.24) is 5.32 Å². The lowest BCUT2D eigenvalue weighted by Gasteiger charge is -2.26. The van der Waals surface area contributed by atoms with Gasteiger partial charge >= 0.3 is 0 Å². The molecular weight excluding hydrogens is 342 g/mol. The number of rotatable bonds is 5. The van der Waals surface area contributed by atoms with E-state index in [1.165, 1.54) is 11.1 Å². The van der Waals surface area contributed by atoms with E-state index < -0.39 is 0 Å². The maximum atomic E-state index is 12.4. The summed E-state index contributed by atoms with van der Waals surface area (Å²) in [6.45, 7) is 1.00. The number of aryl methyl sites for hydroxylation is 1. The zero-order valence-corrected chi connectivity index (χ0v) is 15.2. The first kappa shape index (κ1) is 17.6. The molecular formula is C22H23NO4. The first-order valence-electron chi connectivity index (χ1n) is 9.51. The predicted octanol–water partition coefficient (Wildman–Crippen LogP) is 3.61. The molecule has 1 aliphatic heterocycles. The molecule has 1 atom stereocenters. The van der Waals surface area contributed by atoms with Gasteiger partial charge in [-0.05, 0) is 48.6 Å². The summed E-state index contributed by atoms with van der Waals surface area (Å²) in [6.07, 6.45) is 3.44. The van der Waals surface area contributed by atoms with Crippen LogP contribution in [-0.2, 0) is 11.2 Å². The molecule has 0 radical (unpaired) electrons. The SMILES string of the molecule is O=C(CCC(=O)c1ccc2c(c1)OCCO2)N[C@H]1CCCc2ccccc21. The molecule has 1 N–H and O–H groups in total. The number of Topliss-reactive ketones (excluding diaryl/α,β-unsaturated/α-hetero) is 1. The first-order chi connectivity index (χ1) is 13.2. The number of nitrogens with one attached hydrogen (secondary N) is 1. The fourth-order valence-corrected chi connectivity index (χ4v) is 3.76. The lowest BCUT2D eigenvalue weighted by Crippen LogP contribution is -2.31. The Balaban J connectivity index is 1.34. The molecule has 0 saturated carbocycles. The van der Waals surface area contributed by atoms with Gasteiger partial charge in [-0.1, -0.05) is 24.3 Å². The van der Waals surface area contributed by atoms with Crippen molar-refractivity contribution < 1.29 is 19.1 Å². The molecule has 2 aromatic carbocycles.